The molecule has 1 N–H and O–H groups in total. The lowest BCUT2D eigenvalue weighted by atomic mass is 9.98. The van der Waals surface area contributed by atoms with Gasteiger partial charge in [0.2, 0.25) is 5.91 Å². The van der Waals surface area contributed by atoms with Gasteiger partial charge < -0.3 is 28.6 Å². The van der Waals surface area contributed by atoms with Crippen LogP contribution < -0.4 is 5.32 Å². The third-order valence-corrected chi connectivity index (χ3v) is 5.68. The maximum Gasteiger partial charge on any atom is 0.367 e. The van der Waals surface area contributed by atoms with Crippen LogP contribution in [0, 0.1) is 0 Å². The molecule has 168 valence electrons. The Labute approximate surface area is 178 Å². The summed E-state index contributed by atoms with van der Waals surface area (Å²) in [7, 11) is -0.592. The quantitative estimate of drug-likeness (QED) is 0.412. The van der Waals surface area contributed by atoms with Crippen LogP contribution in [0.5, 0.6) is 0 Å². The van der Waals surface area contributed by atoms with E-state index in [1.165, 1.54) is 14.0 Å². The molecule has 1 fully saturated rings. The molecule has 0 spiro atoms. The molecule has 2 rings (SSSR count). The molecule has 30 heavy (non-hydrogen) atoms. The van der Waals surface area contributed by atoms with Crippen molar-refractivity contribution in [2.24, 2.45) is 0 Å². The first kappa shape index (κ1) is 24.7. The highest BCUT2D eigenvalue weighted by Gasteiger charge is 2.53. The van der Waals surface area contributed by atoms with Crippen LogP contribution in [0.15, 0.2) is 30.3 Å². The van der Waals surface area contributed by atoms with E-state index >= 15 is 0 Å². The van der Waals surface area contributed by atoms with Crippen molar-refractivity contribution >= 4 is 20.5 Å². The third-order valence-electron chi connectivity index (χ3n) is 4.30. The van der Waals surface area contributed by atoms with Crippen molar-refractivity contribution in [3.8, 4) is 0 Å². The topological polar surface area (TPSA) is 102 Å². The number of ether oxygens (including phenoxy) is 3. The molecule has 1 aromatic rings. The molecule has 10 heteroatoms. The van der Waals surface area contributed by atoms with Crippen molar-refractivity contribution in [1.29, 1.82) is 0 Å². The summed E-state index contributed by atoms with van der Waals surface area (Å²) in [5.41, 5.74) is 0.959. The zero-order valence-corrected chi connectivity index (χ0v) is 18.7. The molecule has 3 atom stereocenters. The van der Waals surface area contributed by atoms with Crippen LogP contribution >= 0.6 is 8.60 Å². The maximum atomic E-state index is 12.7. The number of rotatable bonds is 11. The molecule has 1 heterocycles. The van der Waals surface area contributed by atoms with Crippen LogP contribution in [0.4, 0.5) is 0 Å². The van der Waals surface area contributed by atoms with Gasteiger partial charge in [-0.05, 0) is 19.4 Å². The second-order valence-corrected chi connectivity index (χ2v) is 7.70. The number of esters is 1. The van der Waals surface area contributed by atoms with Crippen molar-refractivity contribution in [3.05, 3.63) is 35.9 Å². The van der Waals surface area contributed by atoms with Gasteiger partial charge >= 0.3 is 14.6 Å². The van der Waals surface area contributed by atoms with Crippen molar-refractivity contribution in [2.75, 3.05) is 26.9 Å². The van der Waals surface area contributed by atoms with Crippen molar-refractivity contribution in [1.82, 2.24) is 5.32 Å². The molecule has 0 radical (unpaired) electrons. The number of amides is 1. The Morgan fingerprint density at radius 1 is 1.20 bits per heavy atom. The Kier molecular flexibility index (Phi) is 10.1. The summed E-state index contributed by atoms with van der Waals surface area (Å²) >= 11 is 0. The predicted octanol–water partition coefficient (Wildman–Crippen LogP) is 2.68. The molecule has 9 nitrogen and oxygen atoms in total. The van der Waals surface area contributed by atoms with Gasteiger partial charge in [0.1, 0.15) is 0 Å². The number of benzene rings is 1. The lowest BCUT2D eigenvalue weighted by Gasteiger charge is -2.42. The molecule has 1 unspecified atom stereocenters. The average molecular weight is 443 g/mol. The van der Waals surface area contributed by atoms with Crippen LogP contribution in [0.25, 0.3) is 0 Å². The SMILES string of the molecule is CCOP(OCC)OC1(C(=O)OC)C[C@H](OCc2ccccc2)[C@@H](NC(C)=O)CO1. The molecular weight excluding hydrogens is 413 g/mol. The largest absolute Gasteiger partial charge is 0.465 e. The van der Waals surface area contributed by atoms with E-state index < -0.39 is 32.5 Å². The van der Waals surface area contributed by atoms with E-state index in [4.69, 9.17) is 27.8 Å². The smallest absolute Gasteiger partial charge is 0.367 e. The summed E-state index contributed by atoms with van der Waals surface area (Å²) in [6.45, 7) is 5.97. The summed E-state index contributed by atoms with van der Waals surface area (Å²) in [4.78, 5) is 24.3. The van der Waals surface area contributed by atoms with Crippen LogP contribution in [0.1, 0.15) is 32.8 Å². The highest BCUT2D eigenvalue weighted by Crippen LogP contribution is 2.47. The molecule has 1 amide bonds. The molecule has 0 aromatic heterocycles. The van der Waals surface area contributed by atoms with Gasteiger partial charge in [-0.2, -0.15) is 0 Å². The summed E-state index contributed by atoms with van der Waals surface area (Å²) in [5, 5.41) is 2.81. The lowest BCUT2D eigenvalue weighted by molar-refractivity contribution is -0.252. The van der Waals surface area contributed by atoms with E-state index in [1.807, 2.05) is 30.3 Å². The average Bonchev–Trinajstić information content (AvgIpc) is 2.74. The van der Waals surface area contributed by atoms with Crippen molar-refractivity contribution in [2.45, 2.75) is 51.7 Å². The van der Waals surface area contributed by atoms with Gasteiger partial charge in [-0.1, -0.05) is 30.3 Å². The van der Waals surface area contributed by atoms with E-state index in [-0.39, 0.29) is 18.9 Å². The predicted molar refractivity (Wildman–Crippen MR) is 109 cm³/mol. The number of nitrogens with one attached hydrogen (secondary N) is 1. The second kappa shape index (κ2) is 12.3. The fraction of sp³-hybridized carbons (Fsp3) is 0.600. The van der Waals surface area contributed by atoms with Gasteiger partial charge in [0.05, 0.1) is 45.7 Å². The Bertz CT molecular complexity index is 670. The molecule has 1 aliphatic rings. The molecule has 1 aliphatic heterocycles. The zero-order chi connectivity index (χ0) is 22.0. The molecule has 1 saturated heterocycles. The van der Waals surface area contributed by atoms with Gasteiger partial charge in [-0.15, -0.1) is 0 Å². The van der Waals surface area contributed by atoms with Gasteiger partial charge in [0.25, 0.3) is 5.79 Å². The minimum Gasteiger partial charge on any atom is -0.465 e. The summed E-state index contributed by atoms with van der Waals surface area (Å²) in [5.74, 6) is -2.71. The molecule has 0 bridgehead atoms. The monoisotopic (exact) mass is 443 g/mol. The molecular formula is C20H30NO8P. The van der Waals surface area contributed by atoms with E-state index in [9.17, 15) is 9.59 Å². The highest BCUT2D eigenvalue weighted by atomic mass is 31.2. The van der Waals surface area contributed by atoms with E-state index in [0.717, 1.165) is 5.56 Å². The number of carbonyl (C=O) groups is 2. The van der Waals surface area contributed by atoms with Gasteiger partial charge in [-0.3, -0.25) is 9.32 Å². The molecule has 0 aliphatic carbocycles. The van der Waals surface area contributed by atoms with Crippen LogP contribution in [-0.4, -0.2) is 56.7 Å². The van der Waals surface area contributed by atoms with Gasteiger partial charge in [-0.25, -0.2) is 4.79 Å². The minimum atomic E-state index is -1.84. The number of methoxy groups -OCH3 is 1. The lowest BCUT2D eigenvalue weighted by Crippen LogP contribution is -2.60. The number of hydrogen-bond donors (Lipinski definition) is 1. The molecule has 0 saturated carbocycles. The fourth-order valence-electron chi connectivity index (χ4n) is 2.97. The summed E-state index contributed by atoms with van der Waals surface area (Å²) in [6.07, 6.45) is -0.571. The minimum absolute atomic E-state index is 0.00354. The van der Waals surface area contributed by atoms with Gasteiger partial charge in [0, 0.05) is 13.3 Å². The highest BCUT2D eigenvalue weighted by molar-refractivity contribution is 7.41. The van der Waals surface area contributed by atoms with Crippen molar-refractivity contribution < 1.29 is 37.4 Å². The van der Waals surface area contributed by atoms with E-state index in [2.05, 4.69) is 5.32 Å². The second-order valence-electron chi connectivity index (χ2n) is 6.55. The Morgan fingerprint density at radius 3 is 2.43 bits per heavy atom. The number of carbonyl (C=O) groups excluding carboxylic acids is 2. The first-order valence-electron chi connectivity index (χ1n) is 9.84. The van der Waals surface area contributed by atoms with Crippen LogP contribution in [0.3, 0.4) is 0 Å². The van der Waals surface area contributed by atoms with E-state index in [1.54, 1.807) is 13.8 Å². The number of hydrogen-bond acceptors (Lipinski definition) is 8. The molecule has 1 aromatic carbocycles. The fourth-order valence-corrected chi connectivity index (χ4v) is 4.01. The Balaban J connectivity index is 2.22. The summed E-state index contributed by atoms with van der Waals surface area (Å²) in [6, 6.07) is 9.14. The first-order valence-corrected chi connectivity index (χ1v) is 10.9. The van der Waals surface area contributed by atoms with Crippen molar-refractivity contribution in [3.63, 3.8) is 0 Å². The Hall–Kier alpha value is -1.61. The normalized spacial score (nSPS) is 23.9. The standard InChI is InChI=1S/C20H30NO8P/c1-5-27-30(28-6-2)29-20(19(23)24-4)12-18(17(14-26-20)21-15(3)22)25-13-16-10-8-7-9-11-16/h7-11,17-18H,5-6,12-14H2,1-4H3,(H,21,22)/t17-,18-,20?/m0/s1. The third kappa shape index (κ3) is 6.97. The maximum absolute atomic E-state index is 12.7. The Morgan fingerprint density at radius 2 is 1.87 bits per heavy atom. The zero-order valence-electron chi connectivity index (χ0n) is 17.8. The summed E-state index contributed by atoms with van der Waals surface area (Å²) < 4.78 is 33.7. The van der Waals surface area contributed by atoms with Gasteiger partial charge in [0.15, 0.2) is 0 Å². The first-order chi connectivity index (χ1) is 14.4. The van der Waals surface area contributed by atoms with Crippen LogP contribution in [-0.2, 0) is 44.0 Å². The van der Waals surface area contributed by atoms with Crippen LogP contribution in [0.2, 0.25) is 0 Å². The van der Waals surface area contributed by atoms with E-state index in [0.29, 0.717) is 19.8 Å².